The second-order valence-electron chi connectivity index (χ2n) is 6.45. The van der Waals surface area contributed by atoms with E-state index in [2.05, 4.69) is 16.5 Å². The first-order valence-electron chi connectivity index (χ1n) is 8.66. The maximum absolute atomic E-state index is 13.2. The van der Waals surface area contributed by atoms with Gasteiger partial charge < -0.3 is 9.84 Å². The highest BCUT2D eigenvalue weighted by Gasteiger charge is 2.26. The summed E-state index contributed by atoms with van der Waals surface area (Å²) in [7, 11) is 0. The molecule has 0 unspecified atom stereocenters. The van der Waals surface area contributed by atoms with Crippen LogP contribution in [0.1, 0.15) is 45.0 Å². The van der Waals surface area contributed by atoms with Gasteiger partial charge in [-0.05, 0) is 62.4 Å². The van der Waals surface area contributed by atoms with Crippen molar-refractivity contribution in [1.29, 1.82) is 5.26 Å². The second kappa shape index (κ2) is 6.97. The third-order valence-corrected chi connectivity index (χ3v) is 5.92. The lowest BCUT2D eigenvalue weighted by atomic mass is 9.96. The van der Waals surface area contributed by atoms with Crippen LogP contribution in [-0.2, 0) is 12.8 Å². The zero-order valence-corrected chi connectivity index (χ0v) is 15.5. The molecule has 1 aliphatic rings. The van der Waals surface area contributed by atoms with Gasteiger partial charge in [-0.1, -0.05) is 5.16 Å². The van der Waals surface area contributed by atoms with Gasteiger partial charge in [0.2, 0.25) is 0 Å². The van der Waals surface area contributed by atoms with E-state index in [1.807, 2.05) is 0 Å². The fourth-order valence-corrected chi connectivity index (χ4v) is 4.62. The normalized spacial score (nSPS) is 13.1. The predicted molar refractivity (Wildman–Crippen MR) is 100 cm³/mol. The largest absolute Gasteiger partial charge is 0.360 e. The van der Waals surface area contributed by atoms with E-state index in [4.69, 9.17) is 4.52 Å². The molecular formula is C20H16FN3O2S. The van der Waals surface area contributed by atoms with Crippen LogP contribution in [0.2, 0.25) is 0 Å². The summed E-state index contributed by atoms with van der Waals surface area (Å²) in [5.74, 6) is -0.386. The molecule has 27 heavy (non-hydrogen) atoms. The monoisotopic (exact) mass is 381 g/mol. The fraction of sp³-hybridized carbons (Fsp3) is 0.250. The van der Waals surface area contributed by atoms with Gasteiger partial charge in [0.25, 0.3) is 5.91 Å². The van der Waals surface area contributed by atoms with E-state index < -0.39 is 0 Å². The zero-order valence-electron chi connectivity index (χ0n) is 14.6. The molecule has 2 aromatic heterocycles. The van der Waals surface area contributed by atoms with Crippen molar-refractivity contribution in [3.05, 3.63) is 57.4 Å². The topological polar surface area (TPSA) is 78.9 Å². The molecule has 1 aliphatic carbocycles. The lowest BCUT2D eigenvalue weighted by Gasteiger charge is -2.09. The van der Waals surface area contributed by atoms with Crippen LogP contribution in [0.5, 0.6) is 0 Å². The Hall–Kier alpha value is -2.98. The molecule has 0 saturated carbocycles. The number of nitriles is 1. The maximum Gasteiger partial charge on any atom is 0.262 e. The number of amides is 1. The van der Waals surface area contributed by atoms with Crippen LogP contribution in [0.4, 0.5) is 9.39 Å². The summed E-state index contributed by atoms with van der Waals surface area (Å²) in [6.07, 6.45) is 3.98. The zero-order chi connectivity index (χ0) is 19.0. The number of nitrogens with zero attached hydrogens (tertiary/aromatic N) is 2. The molecule has 1 amide bonds. The van der Waals surface area contributed by atoms with Crippen LogP contribution in [-0.4, -0.2) is 11.1 Å². The minimum Gasteiger partial charge on any atom is -0.360 e. The molecule has 0 fully saturated rings. The van der Waals surface area contributed by atoms with Gasteiger partial charge in [-0.25, -0.2) is 4.39 Å². The Balaban J connectivity index is 1.69. The van der Waals surface area contributed by atoms with E-state index >= 15 is 0 Å². The quantitative estimate of drug-likeness (QED) is 0.703. The SMILES string of the molecule is Cc1onc(-c2ccc(F)cc2)c1C(=O)Nc1sc2c(c1C#N)CCCC2. The molecule has 4 rings (SSSR count). The van der Waals surface area contributed by atoms with Crippen molar-refractivity contribution in [2.75, 3.05) is 5.32 Å². The number of nitrogens with one attached hydrogen (secondary N) is 1. The Morgan fingerprint density at radius 3 is 2.78 bits per heavy atom. The molecule has 0 bridgehead atoms. The Kier molecular flexibility index (Phi) is 4.50. The molecule has 0 radical (unpaired) electrons. The number of thiophene rings is 1. The Labute approximate surface area is 159 Å². The highest BCUT2D eigenvalue weighted by molar-refractivity contribution is 7.16. The molecule has 1 N–H and O–H groups in total. The van der Waals surface area contributed by atoms with Crippen molar-refractivity contribution in [3.8, 4) is 17.3 Å². The Morgan fingerprint density at radius 2 is 2.04 bits per heavy atom. The summed E-state index contributed by atoms with van der Waals surface area (Å²) >= 11 is 1.47. The predicted octanol–water partition coefficient (Wildman–Crippen LogP) is 4.85. The van der Waals surface area contributed by atoms with Gasteiger partial charge in [0, 0.05) is 10.4 Å². The van der Waals surface area contributed by atoms with Crippen molar-refractivity contribution >= 4 is 22.2 Å². The summed E-state index contributed by atoms with van der Waals surface area (Å²) in [5, 5.41) is 17.0. The summed E-state index contributed by atoms with van der Waals surface area (Å²) in [4.78, 5) is 14.1. The van der Waals surface area contributed by atoms with Crippen LogP contribution in [0.15, 0.2) is 28.8 Å². The van der Waals surface area contributed by atoms with Crippen molar-refractivity contribution in [2.24, 2.45) is 0 Å². The summed E-state index contributed by atoms with van der Waals surface area (Å²) in [6, 6.07) is 7.95. The Bertz CT molecular complexity index is 1060. The lowest BCUT2D eigenvalue weighted by molar-refractivity contribution is 0.102. The van der Waals surface area contributed by atoms with Crippen LogP contribution < -0.4 is 5.32 Å². The standard InChI is InChI=1S/C20H16FN3O2S/c1-11-17(18(24-26-11)12-6-8-13(21)9-7-12)19(25)23-20-15(10-22)14-4-2-3-5-16(14)27-20/h6-9H,2-5H2,1H3,(H,23,25). The fourth-order valence-electron chi connectivity index (χ4n) is 3.38. The molecule has 3 aromatic rings. The van der Waals surface area contributed by atoms with E-state index in [0.717, 1.165) is 31.2 Å². The van der Waals surface area contributed by atoms with Gasteiger partial charge in [-0.3, -0.25) is 4.79 Å². The first-order chi connectivity index (χ1) is 13.1. The van der Waals surface area contributed by atoms with Crippen LogP contribution in [0.3, 0.4) is 0 Å². The number of aromatic nitrogens is 1. The number of anilines is 1. The van der Waals surface area contributed by atoms with Gasteiger partial charge in [0.05, 0.1) is 5.56 Å². The number of carbonyl (C=O) groups excluding carboxylic acids is 1. The maximum atomic E-state index is 13.2. The number of rotatable bonds is 3. The van der Waals surface area contributed by atoms with E-state index in [1.54, 1.807) is 19.1 Å². The molecule has 2 heterocycles. The third kappa shape index (κ3) is 3.13. The minimum absolute atomic E-state index is 0.289. The molecule has 136 valence electrons. The molecular weight excluding hydrogens is 365 g/mol. The molecule has 1 aromatic carbocycles. The van der Waals surface area contributed by atoms with Crippen molar-refractivity contribution < 1.29 is 13.7 Å². The number of hydrogen-bond acceptors (Lipinski definition) is 5. The number of aryl methyl sites for hydroxylation is 2. The van der Waals surface area contributed by atoms with Crippen molar-refractivity contribution in [2.45, 2.75) is 32.6 Å². The first kappa shape index (κ1) is 17.4. The second-order valence-corrected chi connectivity index (χ2v) is 7.56. The smallest absolute Gasteiger partial charge is 0.262 e. The minimum atomic E-state index is -0.386. The third-order valence-electron chi connectivity index (χ3n) is 4.72. The lowest BCUT2D eigenvalue weighted by Crippen LogP contribution is -2.13. The molecule has 0 saturated heterocycles. The molecule has 7 heteroatoms. The van der Waals surface area contributed by atoms with Crippen LogP contribution in [0, 0.1) is 24.1 Å². The molecule has 5 nitrogen and oxygen atoms in total. The molecule has 0 atom stereocenters. The highest BCUT2D eigenvalue weighted by atomic mass is 32.1. The van der Waals surface area contributed by atoms with Gasteiger partial charge in [-0.2, -0.15) is 5.26 Å². The number of hydrogen-bond donors (Lipinski definition) is 1. The molecule has 0 aliphatic heterocycles. The molecule has 0 spiro atoms. The van der Waals surface area contributed by atoms with Gasteiger partial charge in [0.1, 0.15) is 33.9 Å². The summed E-state index contributed by atoms with van der Waals surface area (Å²) < 4.78 is 18.4. The van der Waals surface area contributed by atoms with Gasteiger partial charge in [-0.15, -0.1) is 11.3 Å². The Morgan fingerprint density at radius 1 is 1.30 bits per heavy atom. The average Bonchev–Trinajstić information content (AvgIpc) is 3.22. The van der Waals surface area contributed by atoms with Gasteiger partial charge >= 0.3 is 0 Å². The first-order valence-corrected chi connectivity index (χ1v) is 9.48. The number of carbonyl (C=O) groups is 1. The van der Waals surface area contributed by atoms with E-state index in [0.29, 0.717) is 27.6 Å². The van der Waals surface area contributed by atoms with Gasteiger partial charge in [0.15, 0.2) is 0 Å². The number of benzene rings is 1. The van der Waals surface area contributed by atoms with Crippen LogP contribution >= 0.6 is 11.3 Å². The average molecular weight is 381 g/mol. The van der Waals surface area contributed by atoms with E-state index in [1.165, 1.54) is 28.3 Å². The highest BCUT2D eigenvalue weighted by Crippen LogP contribution is 2.38. The van der Waals surface area contributed by atoms with Crippen LogP contribution in [0.25, 0.3) is 11.3 Å². The number of fused-ring (bicyclic) bond motifs is 1. The number of halogens is 1. The van der Waals surface area contributed by atoms with E-state index in [-0.39, 0.29) is 17.3 Å². The summed E-state index contributed by atoms with van der Waals surface area (Å²) in [5.41, 5.74) is 2.84. The summed E-state index contributed by atoms with van der Waals surface area (Å²) in [6.45, 7) is 1.65. The van der Waals surface area contributed by atoms with Crippen molar-refractivity contribution in [3.63, 3.8) is 0 Å². The van der Waals surface area contributed by atoms with E-state index in [9.17, 15) is 14.4 Å². The van der Waals surface area contributed by atoms with Crippen molar-refractivity contribution in [1.82, 2.24) is 5.16 Å².